The van der Waals surface area contributed by atoms with Crippen LogP contribution in [0.15, 0.2) is 30.3 Å². The number of rotatable bonds is 7. The standard InChI is InChI=1S/C16H19BrClN3O/c1-21-15(19-16(22)5-3-2-4-10-17)11-14(20-21)12-6-8-13(18)9-7-12/h6-9,11H,2-5,10H2,1H3,(H,19,22). The first-order valence-corrected chi connectivity index (χ1v) is 8.76. The highest BCUT2D eigenvalue weighted by Crippen LogP contribution is 2.23. The summed E-state index contributed by atoms with van der Waals surface area (Å²) in [6, 6.07) is 9.36. The Kier molecular flexibility index (Phi) is 6.46. The van der Waals surface area contributed by atoms with Crippen LogP contribution in [0.5, 0.6) is 0 Å². The predicted molar refractivity (Wildman–Crippen MR) is 94.5 cm³/mol. The van der Waals surface area contributed by atoms with E-state index in [0.29, 0.717) is 17.3 Å². The Labute approximate surface area is 144 Å². The molecule has 0 radical (unpaired) electrons. The Morgan fingerprint density at radius 1 is 1.27 bits per heavy atom. The van der Waals surface area contributed by atoms with Gasteiger partial charge >= 0.3 is 0 Å². The van der Waals surface area contributed by atoms with Gasteiger partial charge in [0.2, 0.25) is 5.91 Å². The third-order valence-electron chi connectivity index (χ3n) is 3.32. The van der Waals surface area contributed by atoms with Gasteiger partial charge in [-0.05, 0) is 25.0 Å². The molecule has 118 valence electrons. The summed E-state index contributed by atoms with van der Waals surface area (Å²) in [4.78, 5) is 11.9. The number of halogens is 2. The van der Waals surface area contributed by atoms with Gasteiger partial charge in [-0.2, -0.15) is 5.10 Å². The lowest BCUT2D eigenvalue weighted by Gasteiger charge is -2.04. The number of alkyl halides is 1. The highest BCUT2D eigenvalue weighted by Gasteiger charge is 2.10. The molecule has 1 heterocycles. The Balaban J connectivity index is 1.98. The van der Waals surface area contributed by atoms with Crippen molar-refractivity contribution >= 4 is 39.3 Å². The number of carbonyl (C=O) groups is 1. The second-order valence-corrected chi connectivity index (χ2v) is 6.32. The molecule has 0 atom stereocenters. The zero-order valence-electron chi connectivity index (χ0n) is 12.5. The van der Waals surface area contributed by atoms with E-state index in [-0.39, 0.29) is 5.91 Å². The minimum Gasteiger partial charge on any atom is -0.311 e. The number of nitrogens with one attached hydrogen (secondary N) is 1. The molecular formula is C16H19BrClN3O. The predicted octanol–water partition coefficient (Wildman–Crippen LogP) is 4.63. The zero-order valence-corrected chi connectivity index (χ0v) is 14.8. The molecule has 1 amide bonds. The molecule has 2 rings (SSSR count). The highest BCUT2D eigenvalue weighted by molar-refractivity contribution is 9.09. The maximum absolute atomic E-state index is 11.9. The second-order valence-electron chi connectivity index (χ2n) is 5.09. The summed E-state index contributed by atoms with van der Waals surface area (Å²) in [6.45, 7) is 0. The molecule has 0 bridgehead atoms. The molecule has 0 saturated heterocycles. The molecule has 6 heteroatoms. The maximum atomic E-state index is 11.9. The Morgan fingerprint density at radius 3 is 2.68 bits per heavy atom. The molecule has 4 nitrogen and oxygen atoms in total. The van der Waals surface area contributed by atoms with E-state index >= 15 is 0 Å². The second kappa shape index (κ2) is 8.34. The van der Waals surface area contributed by atoms with E-state index in [1.807, 2.05) is 37.4 Å². The minimum absolute atomic E-state index is 0.0280. The molecule has 1 aromatic carbocycles. The van der Waals surface area contributed by atoms with Crippen LogP contribution >= 0.6 is 27.5 Å². The summed E-state index contributed by atoms with van der Waals surface area (Å²) in [5.74, 6) is 0.732. The average Bonchev–Trinajstić information content (AvgIpc) is 2.85. The molecule has 0 unspecified atom stereocenters. The number of aromatic nitrogens is 2. The van der Waals surface area contributed by atoms with Gasteiger partial charge < -0.3 is 5.32 Å². The lowest BCUT2D eigenvalue weighted by atomic mass is 10.1. The fourth-order valence-electron chi connectivity index (χ4n) is 2.11. The van der Waals surface area contributed by atoms with Crippen LogP contribution in [0.1, 0.15) is 25.7 Å². The minimum atomic E-state index is 0.0280. The van der Waals surface area contributed by atoms with E-state index in [1.54, 1.807) is 4.68 Å². The number of hydrogen-bond acceptors (Lipinski definition) is 2. The number of carbonyl (C=O) groups excluding carboxylic acids is 1. The molecule has 0 aliphatic heterocycles. The fourth-order valence-corrected chi connectivity index (χ4v) is 2.63. The van der Waals surface area contributed by atoms with Crippen LogP contribution in [0.2, 0.25) is 5.02 Å². The Bertz CT molecular complexity index is 625. The zero-order chi connectivity index (χ0) is 15.9. The van der Waals surface area contributed by atoms with Crippen molar-refractivity contribution in [1.82, 2.24) is 9.78 Å². The van der Waals surface area contributed by atoms with Crippen molar-refractivity contribution in [2.45, 2.75) is 25.7 Å². The van der Waals surface area contributed by atoms with Crippen molar-refractivity contribution in [3.8, 4) is 11.3 Å². The van der Waals surface area contributed by atoms with Crippen molar-refractivity contribution < 1.29 is 4.79 Å². The Hall–Kier alpha value is -1.33. The molecule has 0 aliphatic rings. The first kappa shape index (κ1) is 17.0. The number of aryl methyl sites for hydroxylation is 1. The molecular weight excluding hydrogens is 366 g/mol. The van der Waals surface area contributed by atoms with Crippen molar-refractivity contribution in [1.29, 1.82) is 0 Å². The van der Waals surface area contributed by atoms with Gasteiger partial charge in [0.15, 0.2) is 0 Å². The van der Waals surface area contributed by atoms with Crippen molar-refractivity contribution in [2.75, 3.05) is 10.6 Å². The third-order valence-corrected chi connectivity index (χ3v) is 4.14. The lowest BCUT2D eigenvalue weighted by molar-refractivity contribution is -0.116. The summed E-state index contributed by atoms with van der Waals surface area (Å²) >= 11 is 9.28. The fraction of sp³-hybridized carbons (Fsp3) is 0.375. The summed E-state index contributed by atoms with van der Waals surface area (Å²) in [6.07, 6.45) is 3.59. The van der Waals surface area contributed by atoms with Gasteiger partial charge in [0.1, 0.15) is 5.82 Å². The lowest BCUT2D eigenvalue weighted by Crippen LogP contribution is -2.13. The van der Waals surface area contributed by atoms with Gasteiger partial charge in [-0.15, -0.1) is 0 Å². The largest absolute Gasteiger partial charge is 0.311 e. The van der Waals surface area contributed by atoms with Crippen LogP contribution in [0.4, 0.5) is 5.82 Å². The van der Waals surface area contributed by atoms with Crippen LogP contribution in [0, 0.1) is 0 Å². The van der Waals surface area contributed by atoms with Gasteiger partial charge in [-0.3, -0.25) is 9.48 Å². The van der Waals surface area contributed by atoms with Gasteiger partial charge in [-0.1, -0.05) is 46.1 Å². The first-order chi connectivity index (χ1) is 10.6. The SMILES string of the molecule is Cn1nc(-c2ccc(Cl)cc2)cc1NC(=O)CCCCCBr. The van der Waals surface area contributed by atoms with Gasteiger partial charge in [0.25, 0.3) is 0 Å². The summed E-state index contributed by atoms with van der Waals surface area (Å²) in [7, 11) is 1.82. The maximum Gasteiger partial charge on any atom is 0.225 e. The van der Waals surface area contributed by atoms with Crippen LogP contribution < -0.4 is 5.32 Å². The van der Waals surface area contributed by atoms with E-state index in [9.17, 15) is 4.79 Å². The van der Waals surface area contributed by atoms with Gasteiger partial charge in [0.05, 0.1) is 5.69 Å². The van der Waals surface area contributed by atoms with Crippen LogP contribution in [-0.2, 0) is 11.8 Å². The topological polar surface area (TPSA) is 46.9 Å². The number of nitrogens with zero attached hydrogens (tertiary/aromatic N) is 2. The van der Waals surface area contributed by atoms with Crippen molar-refractivity contribution in [2.24, 2.45) is 7.05 Å². The molecule has 0 aliphatic carbocycles. The molecule has 22 heavy (non-hydrogen) atoms. The number of unbranched alkanes of at least 4 members (excludes halogenated alkanes) is 2. The van der Waals surface area contributed by atoms with E-state index in [4.69, 9.17) is 11.6 Å². The summed E-state index contributed by atoms with van der Waals surface area (Å²) < 4.78 is 1.68. The Morgan fingerprint density at radius 2 is 2.00 bits per heavy atom. The normalized spacial score (nSPS) is 10.7. The van der Waals surface area contributed by atoms with Crippen molar-refractivity contribution in [3.63, 3.8) is 0 Å². The average molecular weight is 385 g/mol. The van der Waals surface area contributed by atoms with Crippen molar-refractivity contribution in [3.05, 3.63) is 35.4 Å². The van der Waals surface area contributed by atoms with E-state index < -0.39 is 0 Å². The van der Waals surface area contributed by atoms with E-state index in [1.165, 1.54) is 0 Å². The number of hydrogen-bond donors (Lipinski definition) is 1. The number of benzene rings is 1. The molecule has 0 spiro atoms. The monoisotopic (exact) mass is 383 g/mol. The quantitative estimate of drug-likeness (QED) is 0.558. The molecule has 0 saturated carbocycles. The van der Waals surface area contributed by atoms with E-state index in [0.717, 1.165) is 35.8 Å². The van der Waals surface area contributed by atoms with Crippen LogP contribution in [0.3, 0.4) is 0 Å². The summed E-state index contributed by atoms with van der Waals surface area (Å²) in [5, 5.41) is 9.02. The third kappa shape index (κ3) is 4.85. The van der Waals surface area contributed by atoms with Gasteiger partial charge in [-0.25, -0.2) is 0 Å². The van der Waals surface area contributed by atoms with Crippen LogP contribution in [-0.4, -0.2) is 21.0 Å². The highest BCUT2D eigenvalue weighted by atomic mass is 79.9. The summed E-state index contributed by atoms with van der Waals surface area (Å²) in [5.41, 5.74) is 1.78. The molecule has 0 fully saturated rings. The number of amides is 1. The molecule has 1 aromatic heterocycles. The van der Waals surface area contributed by atoms with E-state index in [2.05, 4.69) is 26.3 Å². The van der Waals surface area contributed by atoms with Gasteiger partial charge in [0, 0.05) is 35.5 Å². The smallest absolute Gasteiger partial charge is 0.225 e. The molecule has 1 N–H and O–H groups in total. The first-order valence-electron chi connectivity index (χ1n) is 7.26. The number of anilines is 1. The van der Waals surface area contributed by atoms with Crippen LogP contribution in [0.25, 0.3) is 11.3 Å². The molecule has 2 aromatic rings.